The van der Waals surface area contributed by atoms with Crippen LogP contribution in [0.5, 0.6) is 0 Å². The van der Waals surface area contributed by atoms with Crippen LogP contribution in [0.4, 0.5) is 11.9 Å². The number of nitrogens with one attached hydrogen (secondary N) is 1. The van der Waals surface area contributed by atoms with Crippen molar-refractivity contribution in [3.63, 3.8) is 0 Å². The molecule has 0 atom stereocenters. The first-order valence-corrected chi connectivity index (χ1v) is 14.2. The zero-order valence-electron chi connectivity index (χ0n) is 25.5. The highest BCUT2D eigenvalue weighted by molar-refractivity contribution is 5.44. The van der Waals surface area contributed by atoms with Gasteiger partial charge in [0.15, 0.2) is 0 Å². The highest BCUT2D eigenvalue weighted by Gasteiger charge is 2.48. The molecule has 7 heteroatoms. The Labute approximate surface area is 236 Å². The molecule has 0 aliphatic heterocycles. The van der Waals surface area contributed by atoms with Crippen molar-refractivity contribution in [3.05, 3.63) is 78.1 Å². The largest absolute Gasteiger partial charge is 0.341 e. The van der Waals surface area contributed by atoms with Gasteiger partial charge in [0, 0.05) is 31.7 Å². The van der Waals surface area contributed by atoms with E-state index in [-0.39, 0.29) is 11.1 Å². The van der Waals surface area contributed by atoms with Crippen molar-refractivity contribution in [2.24, 2.45) is 0 Å². The van der Waals surface area contributed by atoms with Crippen LogP contribution in [0.15, 0.2) is 67.0 Å². The summed E-state index contributed by atoms with van der Waals surface area (Å²) >= 11 is 0. The van der Waals surface area contributed by atoms with Gasteiger partial charge in [-0.25, -0.2) is 9.97 Å². The molecule has 39 heavy (non-hydrogen) atoms. The number of rotatable bonds is 8. The van der Waals surface area contributed by atoms with Crippen LogP contribution in [-0.4, -0.2) is 67.2 Å². The second kappa shape index (κ2) is 13.4. The average molecular weight is 532 g/mol. The fourth-order valence-electron chi connectivity index (χ4n) is 5.42. The maximum Gasteiger partial charge on any atom is 0.230 e. The third kappa shape index (κ3) is 6.76. The molecule has 0 amide bonds. The van der Waals surface area contributed by atoms with Crippen molar-refractivity contribution in [1.29, 1.82) is 0 Å². The van der Waals surface area contributed by atoms with Crippen LogP contribution in [0.3, 0.4) is 0 Å². The molecule has 1 heterocycles. The average Bonchev–Trinajstić information content (AvgIpc) is 2.97. The van der Waals surface area contributed by atoms with E-state index in [9.17, 15) is 0 Å². The van der Waals surface area contributed by atoms with E-state index in [0.29, 0.717) is 18.0 Å². The van der Waals surface area contributed by atoms with E-state index in [1.165, 1.54) is 11.1 Å². The molecule has 1 aromatic heterocycles. The standard InChI is InChI=1S/C28H38N6.C4H11N/c1-22(2)33(5)25-29-21-30-26(31-25)34(6)28(24-15-11-8-12-16-24)19-17-27(18-20-28,32(3)4)23-13-9-7-10-14-23;1-4(2)5-3/h7-16,21-22H,17-20H2,1-6H3;4-5H,1-3H3. The highest BCUT2D eigenvalue weighted by atomic mass is 15.3. The Kier molecular flexibility index (Phi) is 10.4. The smallest absolute Gasteiger partial charge is 0.230 e. The Bertz CT molecular complexity index is 1120. The van der Waals surface area contributed by atoms with Crippen LogP contribution in [0.1, 0.15) is 64.5 Å². The predicted octanol–water partition coefficient (Wildman–Crippen LogP) is 5.69. The molecular formula is C32H49N7. The molecule has 3 aromatic rings. The second-order valence-corrected chi connectivity index (χ2v) is 11.5. The van der Waals surface area contributed by atoms with Crippen LogP contribution in [0, 0.1) is 0 Å². The summed E-state index contributed by atoms with van der Waals surface area (Å²) in [5.74, 6) is 1.43. The lowest BCUT2D eigenvalue weighted by molar-refractivity contribution is 0.0642. The van der Waals surface area contributed by atoms with Gasteiger partial charge in [-0.15, -0.1) is 0 Å². The zero-order valence-corrected chi connectivity index (χ0v) is 25.5. The summed E-state index contributed by atoms with van der Waals surface area (Å²) in [7, 11) is 10.6. The highest BCUT2D eigenvalue weighted by Crippen LogP contribution is 2.51. The Morgan fingerprint density at radius 1 is 0.692 bits per heavy atom. The van der Waals surface area contributed by atoms with E-state index >= 15 is 0 Å². The van der Waals surface area contributed by atoms with Crippen LogP contribution in [0.2, 0.25) is 0 Å². The van der Waals surface area contributed by atoms with Gasteiger partial charge in [-0.1, -0.05) is 74.5 Å². The van der Waals surface area contributed by atoms with Gasteiger partial charge in [0.1, 0.15) is 6.33 Å². The van der Waals surface area contributed by atoms with Gasteiger partial charge in [0.2, 0.25) is 11.9 Å². The number of hydrogen-bond donors (Lipinski definition) is 1. The molecule has 0 unspecified atom stereocenters. The molecule has 0 saturated heterocycles. The molecule has 0 radical (unpaired) electrons. The van der Waals surface area contributed by atoms with Crippen LogP contribution >= 0.6 is 0 Å². The van der Waals surface area contributed by atoms with Crippen molar-refractivity contribution < 1.29 is 0 Å². The molecule has 1 N–H and O–H groups in total. The number of aromatic nitrogens is 3. The van der Waals surface area contributed by atoms with Gasteiger partial charge in [0.25, 0.3) is 0 Å². The topological polar surface area (TPSA) is 60.4 Å². The normalized spacial score (nSPS) is 21.0. The van der Waals surface area contributed by atoms with Crippen LogP contribution in [-0.2, 0) is 11.1 Å². The lowest BCUT2D eigenvalue weighted by Crippen LogP contribution is -2.54. The van der Waals surface area contributed by atoms with Gasteiger partial charge in [-0.3, -0.25) is 4.90 Å². The van der Waals surface area contributed by atoms with Crippen molar-refractivity contribution in [2.45, 2.75) is 76.5 Å². The zero-order chi connectivity index (χ0) is 28.6. The van der Waals surface area contributed by atoms with Gasteiger partial charge < -0.3 is 15.1 Å². The monoisotopic (exact) mass is 531 g/mol. The summed E-state index contributed by atoms with van der Waals surface area (Å²) in [6.07, 6.45) is 5.74. The molecule has 0 spiro atoms. The van der Waals surface area contributed by atoms with Crippen LogP contribution < -0.4 is 15.1 Å². The Morgan fingerprint density at radius 2 is 1.13 bits per heavy atom. The minimum Gasteiger partial charge on any atom is -0.341 e. The lowest BCUT2D eigenvalue weighted by Gasteiger charge is -2.53. The van der Waals surface area contributed by atoms with E-state index < -0.39 is 0 Å². The number of benzene rings is 2. The first-order valence-electron chi connectivity index (χ1n) is 14.2. The summed E-state index contributed by atoms with van der Waals surface area (Å²) < 4.78 is 0. The Morgan fingerprint density at radius 3 is 1.56 bits per heavy atom. The van der Waals surface area contributed by atoms with Crippen LogP contribution in [0.25, 0.3) is 0 Å². The van der Waals surface area contributed by atoms with Crippen molar-refractivity contribution in [1.82, 2.24) is 25.2 Å². The van der Waals surface area contributed by atoms with E-state index in [1.807, 2.05) is 14.1 Å². The van der Waals surface area contributed by atoms with Crippen molar-refractivity contribution >= 4 is 11.9 Å². The van der Waals surface area contributed by atoms with E-state index in [0.717, 1.165) is 31.6 Å². The quantitative estimate of drug-likeness (QED) is 0.400. The molecule has 0 bridgehead atoms. The first-order chi connectivity index (χ1) is 18.6. The van der Waals surface area contributed by atoms with E-state index in [4.69, 9.17) is 4.98 Å². The van der Waals surface area contributed by atoms with Gasteiger partial charge in [-0.05, 0) is 71.8 Å². The minimum absolute atomic E-state index is 0.0164. The third-order valence-corrected chi connectivity index (χ3v) is 8.54. The van der Waals surface area contributed by atoms with Gasteiger partial charge >= 0.3 is 0 Å². The lowest BCUT2D eigenvalue weighted by atomic mass is 9.66. The molecule has 1 aliphatic rings. The fourth-order valence-corrected chi connectivity index (χ4v) is 5.42. The molecule has 2 aromatic carbocycles. The molecule has 212 valence electrons. The summed E-state index contributed by atoms with van der Waals surface area (Å²) in [6.45, 7) is 8.51. The second-order valence-electron chi connectivity index (χ2n) is 11.5. The summed E-state index contributed by atoms with van der Waals surface area (Å²) in [6, 6.07) is 22.8. The maximum absolute atomic E-state index is 4.89. The summed E-state index contributed by atoms with van der Waals surface area (Å²) in [5, 5.41) is 3.03. The minimum atomic E-state index is -0.190. The number of nitrogens with zero attached hydrogens (tertiary/aromatic N) is 6. The Balaban J connectivity index is 0.000000771. The molecule has 7 nitrogen and oxygen atoms in total. The summed E-state index contributed by atoms with van der Waals surface area (Å²) in [4.78, 5) is 20.7. The number of hydrogen-bond acceptors (Lipinski definition) is 7. The van der Waals surface area contributed by atoms with E-state index in [1.54, 1.807) is 6.33 Å². The first kappa shape index (κ1) is 30.5. The molecule has 4 rings (SSSR count). The molecular weight excluding hydrogens is 482 g/mol. The predicted molar refractivity (Wildman–Crippen MR) is 164 cm³/mol. The third-order valence-electron chi connectivity index (χ3n) is 8.54. The van der Waals surface area contributed by atoms with Crippen molar-refractivity contribution in [2.75, 3.05) is 45.0 Å². The SMILES string of the molecule is CC(C)N(C)c1ncnc(N(C)C2(c3ccccc3)CCC(c3ccccc3)(N(C)C)CC2)n1.CNC(C)C. The van der Waals surface area contributed by atoms with Gasteiger partial charge in [-0.2, -0.15) is 4.98 Å². The van der Waals surface area contributed by atoms with Gasteiger partial charge in [0.05, 0.1) is 5.54 Å². The Hall–Kier alpha value is -3.03. The molecule has 1 saturated carbocycles. The van der Waals surface area contributed by atoms with E-state index in [2.05, 4.69) is 139 Å². The number of anilines is 2. The van der Waals surface area contributed by atoms with Crippen molar-refractivity contribution in [3.8, 4) is 0 Å². The maximum atomic E-state index is 4.89. The summed E-state index contributed by atoms with van der Waals surface area (Å²) in [5.41, 5.74) is 2.54. The fraction of sp³-hybridized carbons (Fsp3) is 0.531. The molecule has 1 aliphatic carbocycles. The molecule has 1 fully saturated rings.